The molecule has 1 N–H and O–H groups in total. The van der Waals surface area contributed by atoms with E-state index >= 15 is 0 Å². The number of hydrogen-bond acceptors (Lipinski definition) is 3. The minimum absolute atomic E-state index is 0.0333. The van der Waals surface area contributed by atoms with Crippen molar-refractivity contribution in [2.24, 2.45) is 5.41 Å². The largest absolute Gasteiger partial charge is 0.396 e. The Morgan fingerprint density at radius 2 is 2.13 bits per heavy atom. The van der Waals surface area contributed by atoms with Crippen LogP contribution in [0, 0.1) is 16.7 Å². The average molecular weight is 210 g/mol. The minimum atomic E-state index is -0.689. The fraction of sp³-hybridized carbons (Fsp3) is 0.818. The van der Waals surface area contributed by atoms with Crippen molar-refractivity contribution in [3.63, 3.8) is 0 Å². The molecule has 0 aromatic heterocycles. The topological polar surface area (TPSA) is 64.3 Å². The molecule has 0 aromatic rings. The fourth-order valence-corrected chi connectivity index (χ4v) is 1.60. The maximum absolute atomic E-state index is 11.8. The number of nitrogens with zero attached hydrogens (tertiary/aromatic N) is 2. The highest BCUT2D eigenvalue weighted by molar-refractivity contribution is 5.88. The van der Waals surface area contributed by atoms with Crippen LogP contribution in [0.2, 0.25) is 0 Å². The fourth-order valence-electron chi connectivity index (χ4n) is 1.60. The quantitative estimate of drug-likeness (QED) is 0.663. The molecule has 1 fully saturated rings. The number of aliphatic hydroxyl groups excluding tert-OH is 1. The van der Waals surface area contributed by atoms with Crippen LogP contribution in [-0.2, 0) is 4.79 Å². The molecule has 0 spiro atoms. The molecule has 0 bridgehead atoms. The van der Waals surface area contributed by atoms with Gasteiger partial charge >= 0.3 is 0 Å². The first kappa shape index (κ1) is 12.0. The Hall–Kier alpha value is -1.08. The van der Waals surface area contributed by atoms with Gasteiger partial charge in [-0.3, -0.25) is 4.79 Å². The predicted molar refractivity (Wildman–Crippen MR) is 55.9 cm³/mol. The van der Waals surface area contributed by atoms with Crippen molar-refractivity contribution in [2.75, 3.05) is 20.2 Å². The monoisotopic (exact) mass is 210 g/mol. The standard InChI is InChI=1S/C11H18N2O2/c1-13(7-3-2-4-8-14)10(15)11(9-12)5-6-11/h14H,2-8H2,1H3. The molecule has 0 heterocycles. The molecule has 1 amide bonds. The van der Waals surface area contributed by atoms with E-state index in [1.54, 1.807) is 11.9 Å². The van der Waals surface area contributed by atoms with Gasteiger partial charge in [0.1, 0.15) is 5.41 Å². The molecule has 4 nitrogen and oxygen atoms in total. The second kappa shape index (κ2) is 5.13. The van der Waals surface area contributed by atoms with Gasteiger partial charge in [-0.05, 0) is 32.1 Å². The van der Waals surface area contributed by atoms with Crippen molar-refractivity contribution >= 4 is 5.91 Å². The van der Waals surface area contributed by atoms with E-state index in [2.05, 4.69) is 6.07 Å². The zero-order valence-corrected chi connectivity index (χ0v) is 9.20. The van der Waals surface area contributed by atoms with Crippen LogP contribution >= 0.6 is 0 Å². The third-order valence-corrected chi connectivity index (χ3v) is 2.87. The molecule has 0 aromatic carbocycles. The first-order valence-electron chi connectivity index (χ1n) is 5.44. The van der Waals surface area contributed by atoms with Gasteiger partial charge < -0.3 is 10.0 Å². The Balaban J connectivity index is 2.26. The Bertz CT molecular complexity index is 266. The van der Waals surface area contributed by atoms with E-state index in [-0.39, 0.29) is 12.5 Å². The van der Waals surface area contributed by atoms with Crippen molar-refractivity contribution < 1.29 is 9.90 Å². The first-order chi connectivity index (χ1) is 7.16. The highest BCUT2D eigenvalue weighted by atomic mass is 16.2. The molecular weight excluding hydrogens is 192 g/mol. The number of carbonyl (C=O) groups is 1. The zero-order valence-electron chi connectivity index (χ0n) is 9.20. The average Bonchev–Trinajstić information content (AvgIpc) is 3.04. The minimum Gasteiger partial charge on any atom is -0.396 e. The second-order valence-corrected chi connectivity index (χ2v) is 4.20. The SMILES string of the molecule is CN(CCCCCO)C(=O)C1(C#N)CC1. The summed E-state index contributed by atoms with van der Waals surface area (Å²) in [4.78, 5) is 13.4. The molecule has 0 aliphatic heterocycles. The van der Waals surface area contributed by atoms with Gasteiger partial charge in [0.05, 0.1) is 6.07 Å². The van der Waals surface area contributed by atoms with Crippen LogP contribution in [0.3, 0.4) is 0 Å². The number of unbranched alkanes of at least 4 members (excludes halogenated alkanes) is 2. The lowest BCUT2D eigenvalue weighted by atomic mass is 10.1. The van der Waals surface area contributed by atoms with Crippen molar-refractivity contribution in [3.05, 3.63) is 0 Å². The van der Waals surface area contributed by atoms with Gasteiger partial charge in [-0.15, -0.1) is 0 Å². The number of rotatable bonds is 6. The molecule has 1 aliphatic carbocycles. The molecule has 1 saturated carbocycles. The Kier molecular flexibility index (Phi) is 4.10. The molecule has 0 radical (unpaired) electrons. The van der Waals surface area contributed by atoms with Crippen LogP contribution in [0.1, 0.15) is 32.1 Å². The molecule has 1 rings (SSSR count). The van der Waals surface area contributed by atoms with Gasteiger partial charge in [-0.2, -0.15) is 5.26 Å². The van der Waals surface area contributed by atoms with E-state index in [0.29, 0.717) is 19.4 Å². The number of nitriles is 1. The van der Waals surface area contributed by atoms with E-state index < -0.39 is 5.41 Å². The predicted octanol–water partition coefficient (Wildman–Crippen LogP) is 0.911. The summed E-state index contributed by atoms with van der Waals surface area (Å²) in [5.41, 5.74) is -0.689. The van der Waals surface area contributed by atoms with Crippen LogP contribution in [0.5, 0.6) is 0 Å². The lowest BCUT2D eigenvalue weighted by Crippen LogP contribution is -2.34. The number of carbonyl (C=O) groups excluding carboxylic acids is 1. The molecule has 4 heteroatoms. The molecule has 0 atom stereocenters. The Morgan fingerprint density at radius 3 is 2.60 bits per heavy atom. The van der Waals surface area contributed by atoms with E-state index in [1.165, 1.54) is 0 Å². The molecular formula is C11H18N2O2. The highest BCUT2D eigenvalue weighted by Gasteiger charge is 2.51. The summed E-state index contributed by atoms with van der Waals surface area (Å²) in [5, 5.41) is 17.4. The summed E-state index contributed by atoms with van der Waals surface area (Å²) < 4.78 is 0. The summed E-state index contributed by atoms with van der Waals surface area (Å²) in [6.45, 7) is 0.891. The van der Waals surface area contributed by atoms with Crippen LogP contribution in [-0.4, -0.2) is 36.1 Å². The molecule has 84 valence electrons. The molecule has 15 heavy (non-hydrogen) atoms. The normalized spacial score (nSPS) is 16.9. The van der Waals surface area contributed by atoms with Gasteiger partial charge in [-0.25, -0.2) is 0 Å². The van der Waals surface area contributed by atoms with E-state index in [4.69, 9.17) is 10.4 Å². The lowest BCUT2D eigenvalue weighted by Gasteiger charge is -2.19. The molecule has 0 unspecified atom stereocenters. The van der Waals surface area contributed by atoms with Gasteiger partial charge in [0.25, 0.3) is 0 Å². The summed E-state index contributed by atoms with van der Waals surface area (Å²) in [5.74, 6) is -0.0333. The number of hydrogen-bond donors (Lipinski definition) is 1. The van der Waals surface area contributed by atoms with Crippen LogP contribution in [0.15, 0.2) is 0 Å². The van der Waals surface area contributed by atoms with E-state index in [1.807, 2.05) is 0 Å². The smallest absolute Gasteiger partial charge is 0.242 e. The third kappa shape index (κ3) is 2.93. The van der Waals surface area contributed by atoms with Crippen LogP contribution in [0.4, 0.5) is 0 Å². The van der Waals surface area contributed by atoms with Crippen LogP contribution in [0.25, 0.3) is 0 Å². The molecule has 1 aliphatic rings. The van der Waals surface area contributed by atoms with Gasteiger partial charge in [-0.1, -0.05) is 0 Å². The number of amides is 1. The van der Waals surface area contributed by atoms with Crippen molar-refractivity contribution in [3.8, 4) is 6.07 Å². The molecule has 0 saturated heterocycles. The number of aliphatic hydroxyl groups is 1. The summed E-state index contributed by atoms with van der Waals surface area (Å²) in [6, 6.07) is 2.10. The highest BCUT2D eigenvalue weighted by Crippen LogP contribution is 2.46. The van der Waals surface area contributed by atoms with Crippen molar-refractivity contribution in [1.29, 1.82) is 5.26 Å². The Labute approximate surface area is 90.5 Å². The Morgan fingerprint density at radius 1 is 1.47 bits per heavy atom. The van der Waals surface area contributed by atoms with Crippen molar-refractivity contribution in [2.45, 2.75) is 32.1 Å². The van der Waals surface area contributed by atoms with Gasteiger partial charge in [0.2, 0.25) is 5.91 Å². The van der Waals surface area contributed by atoms with E-state index in [9.17, 15) is 4.79 Å². The van der Waals surface area contributed by atoms with Gasteiger partial charge in [0.15, 0.2) is 0 Å². The van der Waals surface area contributed by atoms with E-state index in [0.717, 1.165) is 19.3 Å². The third-order valence-electron chi connectivity index (χ3n) is 2.87. The van der Waals surface area contributed by atoms with Crippen molar-refractivity contribution in [1.82, 2.24) is 4.90 Å². The lowest BCUT2D eigenvalue weighted by molar-refractivity contribution is -0.133. The first-order valence-corrected chi connectivity index (χ1v) is 5.44. The maximum atomic E-state index is 11.8. The van der Waals surface area contributed by atoms with Crippen LogP contribution < -0.4 is 0 Å². The summed E-state index contributed by atoms with van der Waals surface area (Å²) in [6.07, 6.45) is 4.02. The summed E-state index contributed by atoms with van der Waals surface area (Å²) >= 11 is 0. The van der Waals surface area contributed by atoms with Gasteiger partial charge in [0, 0.05) is 20.2 Å². The zero-order chi connectivity index (χ0) is 11.3. The maximum Gasteiger partial charge on any atom is 0.242 e. The second-order valence-electron chi connectivity index (χ2n) is 4.20. The summed E-state index contributed by atoms with van der Waals surface area (Å²) in [7, 11) is 1.75.